The van der Waals surface area contributed by atoms with Crippen molar-refractivity contribution in [1.82, 2.24) is 0 Å². The first-order chi connectivity index (χ1) is 10.1. The van der Waals surface area contributed by atoms with Gasteiger partial charge in [0.25, 0.3) is 0 Å². The minimum atomic E-state index is -0.427. The second-order valence-corrected chi connectivity index (χ2v) is 6.56. The largest absolute Gasteiger partial charge is 0.402 e. The number of hydrogen-bond acceptors (Lipinski definition) is 3. The predicted molar refractivity (Wildman–Crippen MR) is 93.9 cm³/mol. The Labute approximate surface area is 144 Å². The molecule has 2 aromatic carbocycles. The molecule has 1 heterocycles. The minimum absolute atomic E-state index is 0.307. The molecule has 0 atom stereocenters. The van der Waals surface area contributed by atoms with Gasteiger partial charge in [0.1, 0.15) is 0 Å². The highest BCUT2D eigenvalue weighted by atomic mass is 127. The molecular weight excluding hydrogens is 445 g/mol. The molecule has 0 saturated heterocycles. The van der Waals surface area contributed by atoms with Crippen molar-refractivity contribution in [3.63, 3.8) is 0 Å². The zero-order valence-electron chi connectivity index (χ0n) is 10.7. The Morgan fingerprint density at radius 1 is 1.14 bits per heavy atom. The van der Waals surface area contributed by atoms with Crippen molar-refractivity contribution in [2.45, 2.75) is 0 Å². The van der Waals surface area contributed by atoms with Crippen LogP contribution in [0.1, 0.15) is 11.1 Å². The van der Waals surface area contributed by atoms with E-state index in [9.17, 15) is 4.79 Å². The third kappa shape index (κ3) is 3.41. The fourth-order valence-electron chi connectivity index (χ4n) is 1.91. The van der Waals surface area contributed by atoms with E-state index in [2.05, 4.69) is 43.5 Å². The summed E-state index contributed by atoms with van der Waals surface area (Å²) in [7, 11) is 0. The molecule has 0 radical (unpaired) electrons. The third-order valence-electron chi connectivity index (χ3n) is 2.84. The summed E-state index contributed by atoms with van der Waals surface area (Å²) < 4.78 is 7.26. The molecule has 5 heteroatoms. The van der Waals surface area contributed by atoms with Crippen LogP contribution in [0.25, 0.3) is 6.08 Å². The first kappa shape index (κ1) is 14.5. The molecule has 1 aliphatic rings. The molecule has 2 aromatic rings. The lowest BCUT2D eigenvalue weighted by atomic mass is 10.2. The Bertz CT molecular complexity index is 783. The average molecular weight is 454 g/mol. The van der Waals surface area contributed by atoms with Crippen molar-refractivity contribution in [2.75, 3.05) is 0 Å². The van der Waals surface area contributed by atoms with Crippen LogP contribution in [0.5, 0.6) is 0 Å². The summed E-state index contributed by atoms with van der Waals surface area (Å²) in [5.41, 5.74) is 2.00. The van der Waals surface area contributed by atoms with Crippen molar-refractivity contribution < 1.29 is 9.53 Å². The predicted octanol–water partition coefficient (Wildman–Crippen LogP) is 4.40. The lowest BCUT2D eigenvalue weighted by Gasteiger charge is -1.99. The number of rotatable bonds is 2. The maximum atomic E-state index is 11.9. The van der Waals surface area contributed by atoms with E-state index in [1.807, 2.05) is 48.5 Å². The van der Waals surface area contributed by atoms with E-state index in [0.717, 1.165) is 19.2 Å². The third-order valence-corrected chi connectivity index (χ3v) is 4.01. The second-order valence-electron chi connectivity index (χ2n) is 4.40. The van der Waals surface area contributed by atoms with Gasteiger partial charge in [0.05, 0.1) is 0 Å². The van der Waals surface area contributed by atoms with Crippen molar-refractivity contribution in [3.05, 3.63) is 73.4 Å². The molecule has 0 spiro atoms. The number of esters is 1. The number of benzene rings is 2. The molecule has 0 bridgehead atoms. The smallest absolute Gasteiger partial charge is 0.363 e. The van der Waals surface area contributed by atoms with E-state index < -0.39 is 5.97 Å². The normalized spacial score (nSPS) is 16.0. The van der Waals surface area contributed by atoms with E-state index in [4.69, 9.17) is 4.74 Å². The van der Waals surface area contributed by atoms with Gasteiger partial charge in [-0.15, -0.1) is 0 Å². The Balaban J connectivity index is 1.95. The second kappa shape index (κ2) is 6.11. The van der Waals surface area contributed by atoms with Gasteiger partial charge in [0.15, 0.2) is 5.70 Å². The van der Waals surface area contributed by atoms with Crippen LogP contribution >= 0.6 is 38.5 Å². The van der Waals surface area contributed by atoms with Crippen LogP contribution in [0.4, 0.5) is 0 Å². The minimum Gasteiger partial charge on any atom is -0.402 e. The van der Waals surface area contributed by atoms with Gasteiger partial charge in [-0.2, -0.15) is 0 Å². The number of hydrogen-bond donors (Lipinski definition) is 0. The van der Waals surface area contributed by atoms with E-state index in [1.165, 1.54) is 0 Å². The maximum absolute atomic E-state index is 11.9. The molecule has 3 nitrogen and oxygen atoms in total. The van der Waals surface area contributed by atoms with Crippen molar-refractivity contribution in [1.29, 1.82) is 0 Å². The number of carbonyl (C=O) groups excluding carboxylic acids is 1. The number of cyclic esters (lactones) is 1. The van der Waals surface area contributed by atoms with Crippen LogP contribution in [-0.2, 0) is 9.53 Å². The van der Waals surface area contributed by atoms with Gasteiger partial charge >= 0.3 is 5.97 Å². The summed E-state index contributed by atoms with van der Waals surface area (Å²) >= 11 is 5.61. The Kier molecular flexibility index (Phi) is 4.21. The average Bonchev–Trinajstić information content (AvgIpc) is 2.80. The van der Waals surface area contributed by atoms with Gasteiger partial charge in [-0.1, -0.05) is 34.1 Å². The molecule has 0 N–H and O–H groups in total. The maximum Gasteiger partial charge on any atom is 0.363 e. The van der Waals surface area contributed by atoms with Crippen LogP contribution in [0, 0.1) is 3.57 Å². The van der Waals surface area contributed by atoms with Crippen molar-refractivity contribution in [3.8, 4) is 0 Å². The van der Waals surface area contributed by atoms with Crippen LogP contribution < -0.4 is 0 Å². The van der Waals surface area contributed by atoms with Gasteiger partial charge < -0.3 is 4.74 Å². The Morgan fingerprint density at radius 3 is 2.71 bits per heavy atom. The van der Waals surface area contributed by atoms with Crippen LogP contribution in [0.15, 0.2) is 63.7 Å². The van der Waals surface area contributed by atoms with Gasteiger partial charge in [-0.3, -0.25) is 0 Å². The molecule has 104 valence electrons. The lowest BCUT2D eigenvalue weighted by Crippen LogP contribution is -2.05. The van der Waals surface area contributed by atoms with Gasteiger partial charge in [0.2, 0.25) is 5.90 Å². The van der Waals surface area contributed by atoms with E-state index in [-0.39, 0.29) is 0 Å². The molecule has 3 rings (SSSR count). The number of halogens is 2. The first-order valence-electron chi connectivity index (χ1n) is 6.16. The summed E-state index contributed by atoms with van der Waals surface area (Å²) in [5, 5.41) is 0. The quantitative estimate of drug-likeness (QED) is 0.384. The fraction of sp³-hybridized carbons (Fsp3) is 0. The standard InChI is InChI=1S/C16H9BrINO2/c17-12-5-1-3-10(7-12)8-14-16(20)21-15(19-14)11-4-2-6-13(18)9-11/h1-9H/b14-8+. The molecule has 21 heavy (non-hydrogen) atoms. The Hall–Kier alpha value is -1.47. The molecule has 0 aromatic heterocycles. The van der Waals surface area contributed by atoms with Gasteiger partial charge in [0, 0.05) is 13.6 Å². The molecule has 0 unspecified atom stereocenters. The van der Waals surface area contributed by atoms with Crippen molar-refractivity contribution in [2.24, 2.45) is 4.99 Å². The van der Waals surface area contributed by atoms with Crippen LogP contribution in [-0.4, -0.2) is 11.9 Å². The van der Waals surface area contributed by atoms with Crippen LogP contribution in [0.3, 0.4) is 0 Å². The monoisotopic (exact) mass is 453 g/mol. The zero-order chi connectivity index (χ0) is 14.8. The molecule has 0 saturated carbocycles. The lowest BCUT2D eigenvalue weighted by molar-refractivity contribution is -0.129. The van der Waals surface area contributed by atoms with Gasteiger partial charge in [-0.25, -0.2) is 9.79 Å². The van der Waals surface area contributed by atoms with Gasteiger partial charge in [-0.05, 0) is 64.6 Å². The number of carbonyl (C=O) groups is 1. The topological polar surface area (TPSA) is 38.7 Å². The Morgan fingerprint density at radius 2 is 1.95 bits per heavy atom. The molecule has 0 amide bonds. The summed E-state index contributed by atoms with van der Waals surface area (Å²) in [4.78, 5) is 16.2. The van der Waals surface area contributed by atoms with E-state index in [1.54, 1.807) is 6.08 Å². The highest BCUT2D eigenvalue weighted by Gasteiger charge is 2.24. The highest BCUT2D eigenvalue weighted by Crippen LogP contribution is 2.21. The first-order valence-corrected chi connectivity index (χ1v) is 8.03. The number of ether oxygens (including phenoxy) is 1. The zero-order valence-corrected chi connectivity index (χ0v) is 14.5. The summed E-state index contributed by atoms with van der Waals surface area (Å²) in [6, 6.07) is 15.3. The fourth-order valence-corrected chi connectivity index (χ4v) is 2.87. The van der Waals surface area contributed by atoms with Crippen LogP contribution in [0.2, 0.25) is 0 Å². The van der Waals surface area contributed by atoms with E-state index in [0.29, 0.717) is 11.6 Å². The molecule has 1 aliphatic heterocycles. The summed E-state index contributed by atoms with van der Waals surface area (Å²) in [6.45, 7) is 0. The molecular formula is C16H9BrINO2. The number of nitrogens with zero attached hydrogens (tertiary/aromatic N) is 1. The van der Waals surface area contributed by atoms with Crippen molar-refractivity contribution >= 4 is 56.5 Å². The van der Waals surface area contributed by atoms with E-state index >= 15 is 0 Å². The summed E-state index contributed by atoms with van der Waals surface area (Å²) in [5.74, 6) is -0.0800. The molecule has 0 aliphatic carbocycles. The number of aliphatic imine (C=N–C) groups is 1. The summed E-state index contributed by atoms with van der Waals surface area (Å²) in [6.07, 6.45) is 1.72. The highest BCUT2D eigenvalue weighted by molar-refractivity contribution is 14.1. The SMILES string of the molecule is O=C1OC(c2cccc(I)c2)=N/C1=C/c1cccc(Br)c1. The molecule has 0 fully saturated rings.